The Morgan fingerprint density at radius 1 is 1.11 bits per heavy atom. The average molecular weight is 261 g/mol. The number of nitrogens with zero attached hydrogens (tertiary/aromatic N) is 3. The number of unbranched alkanes of at least 4 members (excludes halogenated alkanes) is 4. The number of carbonyl (C=O) groups is 1. The predicted octanol–water partition coefficient (Wildman–Crippen LogP) is 4.60. The van der Waals surface area contributed by atoms with Crippen molar-refractivity contribution in [3.05, 3.63) is 40.3 Å². The zero-order valence-electron chi connectivity index (χ0n) is 11.0. The molecular weight excluding hydrogens is 242 g/mol. The Balaban J connectivity index is 2.12. The Hall–Kier alpha value is -2.00. The standard InChI is InChI=1S/C14H19N3O2/c15-17-16-13-10-8-12(9-11-13)6-4-2-1-3-5-7-14(18)19/h8-11H,1-7H2,(H,18,19). The summed E-state index contributed by atoms with van der Waals surface area (Å²) in [5.74, 6) is -0.708. The Morgan fingerprint density at radius 2 is 1.74 bits per heavy atom. The first-order chi connectivity index (χ1) is 9.22. The van der Waals surface area contributed by atoms with E-state index in [9.17, 15) is 4.79 Å². The molecule has 1 N–H and O–H groups in total. The summed E-state index contributed by atoms with van der Waals surface area (Å²) in [6.45, 7) is 0. The quantitative estimate of drug-likeness (QED) is 0.305. The van der Waals surface area contributed by atoms with E-state index in [1.165, 1.54) is 5.56 Å². The van der Waals surface area contributed by atoms with Crippen LogP contribution in [0, 0.1) is 0 Å². The van der Waals surface area contributed by atoms with Crippen LogP contribution in [0.5, 0.6) is 0 Å². The van der Waals surface area contributed by atoms with Crippen LogP contribution in [-0.2, 0) is 11.2 Å². The SMILES string of the molecule is [N-]=[N+]=Nc1ccc(CCCCCCCC(=O)O)cc1. The van der Waals surface area contributed by atoms with Gasteiger partial charge >= 0.3 is 5.97 Å². The molecule has 1 aromatic carbocycles. The molecule has 0 spiro atoms. The van der Waals surface area contributed by atoms with Gasteiger partial charge in [0.25, 0.3) is 0 Å². The third-order valence-electron chi connectivity index (χ3n) is 2.95. The second kappa shape index (κ2) is 9.00. The zero-order chi connectivity index (χ0) is 13.9. The van der Waals surface area contributed by atoms with Crippen LogP contribution in [0.3, 0.4) is 0 Å². The molecule has 5 nitrogen and oxygen atoms in total. The highest BCUT2D eigenvalue weighted by molar-refractivity contribution is 5.66. The summed E-state index contributed by atoms with van der Waals surface area (Å²) < 4.78 is 0. The van der Waals surface area contributed by atoms with Gasteiger partial charge in [-0.15, -0.1) is 0 Å². The van der Waals surface area contributed by atoms with E-state index in [1.54, 1.807) is 0 Å². The van der Waals surface area contributed by atoms with Crippen molar-refractivity contribution in [2.45, 2.75) is 44.9 Å². The van der Waals surface area contributed by atoms with Gasteiger partial charge in [-0.05, 0) is 30.4 Å². The van der Waals surface area contributed by atoms with Crippen LogP contribution in [0.15, 0.2) is 29.4 Å². The lowest BCUT2D eigenvalue weighted by molar-refractivity contribution is -0.137. The molecule has 0 aromatic heterocycles. The van der Waals surface area contributed by atoms with E-state index in [1.807, 2.05) is 24.3 Å². The van der Waals surface area contributed by atoms with E-state index >= 15 is 0 Å². The van der Waals surface area contributed by atoms with Gasteiger partial charge < -0.3 is 5.11 Å². The maximum atomic E-state index is 10.3. The van der Waals surface area contributed by atoms with Crippen LogP contribution in [-0.4, -0.2) is 11.1 Å². The third-order valence-corrected chi connectivity index (χ3v) is 2.95. The molecule has 0 aliphatic heterocycles. The van der Waals surface area contributed by atoms with Gasteiger partial charge in [-0.25, -0.2) is 0 Å². The summed E-state index contributed by atoms with van der Waals surface area (Å²) in [6, 6.07) is 7.60. The number of rotatable bonds is 9. The molecule has 0 aliphatic carbocycles. The fourth-order valence-electron chi connectivity index (χ4n) is 1.92. The molecule has 5 heteroatoms. The molecule has 0 fully saturated rings. The molecule has 0 saturated heterocycles. The molecule has 1 aromatic rings. The van der Waals surface area contributed by atoms with Crippen molar-refractivity contribution in [3.63, 3.8) is 0 Å². The van der Waals surface area contributed by atoms with Crippen molar-refractivity contribution < 1.29 is 9.90 Å². The molecular formula is C14H19N3O2. The maximum Gasteiger partial charge on any atom is 0.303 e. The molecule has 0 atom stereocenters. The summed E-state index contributed by atoms with van der Waals surface area (Å²) in [7, 11) is 0. The zero-order valence-corrected chi connectivity index (χ0v) is 11.0. The van der Waals surface area contributed by atoms with Crippen LogP contribution in [0.4, 0.5) is 5.69 Å². The van der Waals surface area contributed by atoms with Gasteiger partial charge in [0.2, 0.25) is 0 Å². The van der Waals surface area contributed by atoms with Crippen molar-refractivity contribution >= 4 is 11.7 Å². The normalized spacial score (nSPS) is 9.89. The van der Waals surface area contributed by atoms with Crippen LogP contribution >= 0.6 is 0 Å². The minimum atomic E-state index is -0.708. The van der Waals surface area contributed by atoms with Crippen LogP contribution in [0.1, 0.15) is 44.1 Å². The van der Waals surface area contributed by atoms with Crippen LogP contribution in [0.2, 0.25) is 0 Å². The van der Waals surface area contributed by atoms with Crippen molar-refractivity contribution in [1.82, 2.24) is 0 Å². The third kappa shape index (κ3) is 7.11. The highest BCUT2D eigenvalue weighted by atomic mass is 16.4. The van der Waals surface area contributed by atoms with E-state index in [2.05, 4.69) is 10.0 Å². The molecule has 0 unspecified atom stereocenters. The smallest absolute Gasteiger partial charge is 0.303 e. The van der Waals surface area contributed by atoms with Crippen molar-refractivity contribution in [2.75, 3.05) is 0 Å². The number of aliphatic carboxylic acids is 1. The number of hydrogen-bond acceptors (Lipinski definition) is 2. The average Bonchev–Trinajstić information content (AvgIpc) is 2.39. The van der Waals surface area contributed by atoms with Crippen molar-refractivity contribution in [3.8, 4) is 0 Å². The van der Waals surface area contributed by atoms with Gasteiger partial charge in [0.05, 0.1) is 0 Å². The lowest BCUT2D eigenvalue weighted by Crippen LogP contribution is -1.93. The van der Waals surface area contributed by atoms with E-state index < -0.39 is 5.97 Å². The molecule has 19 heavy (non-hydrogen) atoms. The lowest BCUT2D eigenvalue weighted by Gasteiger charge is -2.02. The number of azide groups is 1. The molecule has 0 radical (unpaired) electrons. The van der Waals surface area contributed by atoms with Crippen molar-refractivity contribution in [2.24, 2.45) is 5.11 Å². The number of benzene rings is 1. The molecule has 0 heterocycles. The highest BCUT2D eigenvalue weighted by Crippen LogP contribution is 2.15. The Morgan fingerprint density at radius 3 is 2.37 bits per heavy atom. The fourth-order valence-corrected chi connectivity index (χ4v) is 1.92. The minimum absolute atomic E-state index is 0.279. The predicted molar refractivity (Wildman–Crippen MR) is 74.3 cm³/mol. The largest absolute Gasteiger partial charge is 0.481 e. The van der Waals surface area contributed by atoms with Gasteiger partial charge in [0.15, 0.2) is 0 Å². The van der Waals surface area contributed by atoms with Gasteiger partial charge in [0, 0.05) is 17.0 Å². The molecule has 0 saturated carbocycles. The summed E-state index contributed by atoms with van der Waals surface area (Å²) in [6.07, 6.45) is 6.37. The molecule has 0 amide bonds. The lowest BCUT2D eigenvalue weighted by atomic mass is 10.0. The molecule has 102 valence electrons. The first-order valence-electron chi connectivity index (χ1n) is 6.58. The second-order valence-corrected chi connectivity index (χ2v) is 4.52. The first-order valence-corrected chi connectivity index (χ1v) is 6.58. The second-order valence-electron chi connectivity index (χ2n) is 4.52. The first kappa shape index (κ1) is 15.1. The number of carboxylic acids is 1. The number of aryl methyl sites for hydroxylation is 1. The van der Waals surface area contributed by atoms with Crippen LogP contribution in [0.25, 0.3) is 10.4 Å². The van der Waals surface area contributed by atoms with Gasteiger partial charge in [-0.3, -0.25) is 4.79 Å². The topological polar surface area (TPSA) is 86.1 Å². The monoisotopic (exact) mass is 261 g/mol. The number of hydrogen-bond donors (Lipinski definition) is 1. The minimum Gasteiger partial charge on any atom is -0.481 e. The maximum absolute atomic E-state index is 10.3. The van der Waals surface area contributed by atoms with Gasteiger partial charge in [-0.1, -0.05) is 48.6 Å². The van der Waals surface area contributed by atoms with E-state index in [-0.39, 0.29) is 6.42 Å². The summed E-state index contributed by atoms with van der Waals surface area (Å²) in [5, 5.41) is 12.0. The summed E-state index contributed by atoms with van der Waals surface area (Å²) in [5.41, 5.74) is 10.2. The van der Waals surface area contributed by atoms with E-state index in [0.717, 1.165) is 38.5 Å². The molecule has 0 bridgehead atoms. The highest BCUT2D eigenvalue weighted by Gasteiger charge is 1.97. The van der Waals surface area contributed by atoms with E-state index in [0.29, 0.717) is 5.69 Å². The fraction of sp³-hybridized carbons (Fsp3) is 0.500. The Kier molecular flexibility index (Phi) is 7.13. The van der Waals surface area contributed by atoms with E-state index in [4.69, 9.17) is 10.6 Å². The summed E-state index contributed by atoms with van der Waals surface area (Å²) >= 11 is 0. The Bertz CT molecular complexity index is 437. The summed E-state index contributed by atoms with van der Waals surface area (Å²) in [4.78, 5) is 13.1. The van der Waals surface area contributed by atoms with Crippen LogP contribution < -0.4 is 0 Å². The number of carboxylic acid groups (broad SMARTS) is 1. The molecule has 0 aliphatic rings. The Labute approximate surface area is 112 Å². The molecule has 1 rings (SSSR count). The van der Waals surface area contributed by atoms with Gasteiger partial charge in [0.1, 0.15) is 0 Å². The van der Waals surface area contributed by atoms with Gasteiger partial charge in [-0.2, -0.15) is 0 Å². The van der Waals surface area contributed by atoms with Crippen molar-refractivity contribution in [1.29, 1.82) is 0 Å².